The molecule has 11 amide bonds. The molecule has 2 aliphatic rings. The zero-order valence-electron chi connectivity index (χ0n) is 55.9. The van der Waals surface area contributed by atoms with E-state index in [1.54, 1.807) is 48.5 Å². The summed E-state index contributed by atoms with van der Waals surface area (Å²) in [7, 11) is 8.71. The zero-order chi connectivity index (χ0) is 65.6. The van der Waals surface area contributed by atoms with Gasteiger partial charge in [0, 0.05) is 48.8 Å². The molecule has 2 rings (SSSR count). The van der Waals surface area contributed by atoms with E-state index in [1.807, 2.05) is 67.5 Å². The third-order valence-corrected chi connectivity index (χ3v) is 16.8. The third-order valence-electron chi connectivity index (χ3n) is 16.8. The van der Waals surface area contributed by atoms with Crippen molar-refractivity contribution in [1.29, 1.82) is 0 Å². The molecule has 2 aliphatic heterocycles. The van der Waals surface area contributed by atoms with E-state index in [0.717, 1.165) is 0 Å². The van der Waals surface area contributed by atoms with E-state index >= 15 is 9.59 Å². The fourth-order valence-corrected chi connectivity index (χ4v) is 11.4. The van der Waals surface area contributed by atoms with Gasteiger partial charge >= 0.3 is 0 Å². The molecule has 23 heteroatoms. The van der Waals surface area contributed by atoms with Crippen molar-refractivity contribution in [2.45, 2.75) is 235 Å². The smallest absolute Gasteiger partial charge is 0.248 e. The van der Waals surface area contributed by atoms with Crippen LogP contribution in [0.5, 0.6) is 0 Å². The third kappa shape index (κ3) is 18.9. The number of carbonyl (C=O) groups is 11. The fourth-order valence-electron chi connectivity index (χ4n) is 11.4. The van der Waals surface area contributed by atoms with Gasteiger partial charge in [-0.1, -0.05) is 95.2 Å². The van der Waals surface area contributed by atoms with Crippen LogP contribution in [0, 0.1) is 35.5 Å². The highest BCUT2D eigenvalue weighted by atomic mass is 16.5. The molecular formula is C62H109N11O12. The van der Waals surface area contributed by atoms with Gasteiger partial charge in [0.1, 0.15) is 66.5 Å². The monoisotopic (exact) mass is 1200 g/mol. The fraction of sp³-hybridized carbons (Fsp3) is 0.790. The van der Waals surface area contributed by atoms with E-state index in [4.69, 9.17) is 4.74 Å². The van der Waals surface area contributed by atoms with Gasteiger partial charge < -0.3 is 60.3 Å². The first-order valence-corrected chi connectivity index (χ1v) is 30.7. The number of nitrogens with zero attached hydrogens (tertiary/aromatic N) is 7. The normalized spacial score (nSPS) is 29.7. The number of likely N-dealkylation sites (N-methyl/N-ethyl adjacent to an activating group) is 7. The zero-order valence-corrected chi connectivity index (χ0v) is 55.9. The van der Waals surface area contributed by atoms with Crippen molar-refractivity contribution in [3.05, 3.63) is 12.2 Å². The summed E-state index contributed by atoms with van der Waals surface area (Å²) in [5.41, 5.74) is 0. The molecule has 2 saturated heterocycles. The Hall–Kier alpha value is -6.13. The van der Waals surface area contributed by atoms with Crippen LogP contribution in [0.3, 0.4) is 0 Å². The lowest BCUT2D eigenvalue weighted by Crippen LogP contribution is -2.63. The van der Waals surface area contributed by atoms with Gasteiger partial charge in [-0.05, 0) is 109 Å². The number of rotatable bonds is 13. The van der Waals surface area contributed by atoms with Crippen LogP contribution < -0.4 is 21.3 Å². The maximum atomic E-state index is 15.2. The summed E-state index contributed by atoms with van der Waals surface area (Å²) in [4.78, 5) is 170. The number of amides is 11. The standard InChI is InChI=1S/C62H109N11O12/c1-25-28-29-38(14)51-50-55(77)65-43(26-2)58(80)67(19)41(17)57(79)73(27-3)48(37(12)13)54(76)66-47(36(10)11)61(83)68(20)44(30-33(4)5)53(75)63-39(15)52(74)64-40(16)56(78)69(21)45(31-34(6)7)59(81)70(22)46(32-35(8)9)60(82)71(23)49(42(18)85-51)62(84)72(50)24/h25,28,33-51H,26-27,29-32H2,1-24H3,(H,63,75)(H,64,74)(H,65,77)(H,66,76)/t38-,39+,40+,41+,42?,43+,44+,45+,46+,47+,48?,49+,50-,51+/m1/s1. The Kier molecular flexibility index (Phi) is 29.2. The summed E-state index contributed by atoms with van der Waals surface area (Å²) in [5.74, 6) is -8.82. The molecule has 0 aliphatic carbocycles. The van der Waals surface area contributed by atoms with E-state index in [-0.39, 0.29) is 50.0 Å². The second-order valence-corrected chi connectivity index (χ2v) is 25.8. The summed E-state index contributed by atoms with van der Waals surface area (Å²) in [6, 6.07) is -13.2. The van der Waals surface area contributed by atoms with Crippen LogP contribution in [0.2, 0.25) is 0 Å². The molecule has 0 spiro atoms. The van der Waals surface area contributed by atoms with Crippen molar-refractivity contribution in [2.75, 3.05) is 48.8 Å². The Bertz CT molecular complexity index is 2380. The Labute approximate surface area is 508 Å². The molecule has 2 fully saturated rings. The molecule has 23 nitrogen and oxygen atoms in total. The van der Waals surface area contributed by atoms with Crippen LogP contribution in [-0.2, 0) is 57.5 Å². The van der Waals surface area contributed by atoms with Crippen molar-refractivity contribution in [1.82, 2.24) is 55.6 Å². The number of hydrogen-bond donors (Lipinski definition) is 4. The maximum Gasteiger partial charge on any atom is 0.248 e. The summed E-state index contributed by atoms with van der Waals surface area (Å²) in [6.07, 6.45) is 2.79. The van der Waals surface area contributed by atoms with E-state index in [2.05, 4.69) is 21.3 Å². The van der Waals surface area contributed by atoms with Gasteiger partial charge in [0.2, 0.25) is 65.0 Å². The predicted molar refractivity (Wildman–Crippen MR) is 327 cm³/mol. The summed E-state index contributed by atoms with van der Waals surface area (Å²) in [5, 5.41) is 11.2. The van der Waals surface area contributed by atoms with E-state index < -0.39 is 161 Å². The molecule has 85 heavy (non-hydrogen) atoms. The quantitative estimate of drug-likeness (QED) is 0.193. The number of fused-ring (bicyclic) bond motifs is 3. The van der Waals surface area contributed by atoms with Crippen LogP contribution in [0.15, 0.2) is 12.2 Å². The van der Waals surface area contributed by atoms with Crippen LogP contribution >= 0.6 is 0 Å². The molecule has 484 valence electrons. The van der Waals surface area contributed by atoms with Gasteiger partial charge in [-0.3, -0.25) is 52.7 Å². The second-order valence-electron chi connectivity index (χ2n) is 25.8. The van der Waals surface area contributed by atoms with E-state index in [1.165, 1.54) is 97.4 Å². The molecule has 0 radical (unpaired) electrons. The lowest BCUT2D eigenvalue weighted by Gasteiger charge is -2.39. The highest BCUT2D eigenvalue weighted by Gasteiger charge is 2.50. The topological polar surface area (TPSA) is 268 Å². The van der Waals surface area contributed by atoms with Gasteiger partial charge in [-0.25, -0.2) is 0 Å². The summed E-state index contributed by atoms with van der Waals surface area (Å²) < 4.78 is 6.76. The lowest BCUT2D eigenvalue weighted by atomic mass is 9.92. The largest absolute Gasteiger partial charge is 0.370 e. The number of hydrogen-bond acceptors (Lipinski definition) is 12. The van der Waals surface area contributed by atoms with Crippen molar-refractivity contribution in [3.8, 4) is 0 Å². The van der Waals surface area contributed by atoms with E-state index in [0.29, 0.717) is 6.42 Å². The molecule has 14 atom stereocenters. The van der Waals surface area contributed by atoms with Gasteiger partial charge in [0.05, 0.1) is 12.2 Å². The molecule has 0 aromatic heterocycles. The molecule has 2 heterocycles. The molecule has 2 bridgehead atoms. The lowest BCUT2D eigenvalue weighted by molar-refractivity contribution is -0.155. The van der Waals surface area contributed by atoms with Gasteiger partial charge in [0.15, 0.2) is 0 Å². The summed E-state index contributed by atoms with van der Waals surface area (Å²) in [6.45, 7) is 31.5. The van der Waals surface area contributed by atoms with Crippen molar-refractivity contribution in [2.24, 2.45) is 35.5 Å². The van der Waals surface area contributed by atoms with Gasteiger partial charge in [-0.2, -0.15) is 0 Å². The Balaban J connectivity index is 3.00. The van der Waals surface area contributed by atoms with Gasteiger partial charge in [-0.15, -0.1) is 0 Å². The van der Waals surface area contributed by atoms with Crippen LogP contribution in [-0.4, -0.2) is 227 Å². The molecule has 0 saturated carbocycles. The van der Waals surface area contributed by atoms with Gasteiger partial charge in [0.25, 0.3) is 0 Å². The number of nitrogens with one attached hydrogen (secondary N) is 4. The average molecular weight is 1200 g/mol. The first kappa shape index (κ1) is 75.0. The summed E-state index contributed by atoms with van der Waals surface area (Å²) >= 11 is 0. The first-order chi connectivity index (χ1) is 39.4. The molecular weight excluding hydrogens is 1090 g/mol. The number of allylic oxidation sites excluding steroid dienone is 2. The number of ether oxygens (including phenoxy) is 1. The van der Waals surface area contributed by atoms with Crippen molar-refractivity contribution < 1.29 is 57.5 Å². The van der Waals surface area contributed by atoms with Crippen LogP contribution in [0.1, 0.15) is 157 Å². The van der Waals surface area contributed by atoms with Crippen molar-refractivity contribution in [3.63, 3.8) is 0 Å². The molecule has 0 aromatic rings. The molecule has 2 unspecified atom stereocenters. The minimum atomic E-state index is -1.33. The first-order valence-electron chi connectivity index (χ1n) is 30.7. The van der Waals surface area contributed by atoms with Crippen molar-refractivity contribution >= 4 is 65.0 Å². The molecule has 4 N–H and O–H groups in total. The minimum Gasteiger partial charge on any atom is -0.370 e. The van der Waals surface area contributed by atoms with E-state index in [9.17, 15) is 43.2 Å². The highest BCUT2D eigenvalue weighted by Crippen LogP contribution is 2.30. The SMILES string of the molecule is CC=CC[C@@H](C)[C@@H]1OC(C)[C@H]2C(=O)N(C)[C@H]1C(=O)N[C@@H](CC)C(=O)N(C)[C@@H](C)C(=O)N(CC)C(C(C)C)C(=O)N[C@@H](C(C)C)C(=O)N(C)[C@@H](CC(C)C)C(=O)N[C@@H](C)C(=O)N[C@@H](C)C(=O)N(C)[C@@H](CC(C)C)C(=O)N(C)[C@@H](CC(C)C)C(=O)N2C. The second kappa shape index (κ2) is 33.1. The minimum absolute atomic E-state index is 0.0303. The number of carbonyl (C=O) groups excluding carboxylic acids is 11. The Morgan fingerprint density at radius 3 is 1.41 bits per heavy atom. The average Bonchev–Trinajstić information content (AvgIpc) is 2.54. The van der Waals surface area contributed by atoms with Crippen LogP contribution in [0.25, 0.3) is 0 Å². The maximum absolute atomic E-state index is 15.2. The highest BCUT2D eigenvalue weighted by molar-refractivity contribution is 6.00. The van der Waals surface area contributed by atoms with Crippen LogP contribution in [0.4, 0.5) is 0 Å². The Morgan fingerprint density at radius 1 is 0.471 bits per heavy atom. The predicted octanol–water partition coefficient (Wildman–Crippen LogP) is 3.43. The molecule has 0 aromatic carbocycles. The Morgan fingerprint density at radius 2 is 0.941 bits per heavy atom.